The molecular formula is C21H18FNO3S. The molecule has 6 heteroatoms. The minimum absolute atomic E-state index is 0.211. The zero-order valence-corrected chi connectivity index (χ0v) is 15.7. The number of thiophene rings is 1. The van der Waals surface area contributed by atoms with E-state index in [2.05, 4.69) is 5.32 Å². The van der Waals surface area contributed by atoms with Crippen LogP contribution in [0.15, 0.2) is 53.9 Å². The third kappa shape index (κ3) is 4.06. The van der Waals surface area contributed by atoms with E-state index in [9.17, 15) is 14.0 Å². The zero-order valence-electron chi connectivity index (χ0n) is 14.9. The molecule has 0 fully saturated rings. The quantitative estimate of drug-likeness (QED) is 0.609. The maximum Gasteiger partial charge on any atom is 0.341 e. The number of carbonyl (C=O) groups excluding carboxylic acids is 2. The molecule has 0 saturated carbocycles. The second-order valence-electron chi connectivity index (χ2n) is 5.85. The van der Waals surface area contributed by atoms with Crippen molar-refractivity contribution in [3.63, 3.8) is 0 Å². The molecule has 0 aliphatic rings. The van der Waals surface area contributed by atoms with Crippen molar-refractivity contribution in [1.82, 2.24) is 0 Å². The fourth-order valence-electron chi connectivity index (χ4n) is 2.70. The molecule has 138 valence electrons. The van der Waals surface area contributed by atoms with E-state index >= 15 is 0 Å². The van der Waals surface area contributed by atoms with Gasteiger partial charge in [-0.3, -0.25) is 4.79 Å². The van der Waals surface area contributed by atoms with Crippen molar-refractivity contribution in [2.45, 2.75) is 13.8 Å². The predicted molar refractivity (Wildman–Crippen MR) is 105 cm³/mol. The monoisotopic (exact) mass is 383 g/mol. The van der Waals surface area contributed by atoms with E-state index < -0.39 is 5.97 Å². The van der Waals surface area contributed by atoms with Crippen LogP contribution in [0.25, 0.3) is 11.1 Å². The van der Waals surface area contributed by atoms with E-state index in [0.29, 0.717) is 21.7 Å². The van der Waals surface area contributed by atoms with Gasteiger partial charge in [0.15, 0.2) is 0 Å². The largest absolute Gasteiger partial charge is 0.462 e. The van der Waals surface area contributed by atoms with Gasteiger partial charge in [-0.1, -0.05) is 30.3 Å². The van der Waals surface area contributed by atoms with Gasteiger partial charge >= 0.3 is 5.97 Å². The van der Waals surface area contributed by atoms with E-state index in [1.54, 1.807) is 36.6 Å². The molecule has 0 radical (unpaired) electrons. The summed E-state index contributed by atoms with van der Waals surface area (Å²) < 4.78 is 18.4. The lowest BCUT2D eigenvalue weighted by atomic mass is 10.0. The molecule has 1 N–H and O–H groups in total. The second-order valence-corrected chi connectivity index (χ2v) is 6.73. The maximum absolute atomic E-state index is 13.2. The van der Waals surface area contributed by atoms with Gasteiger partial charge in [0.1, 0.15) is 16.4 Å². The molecule has 2 aromatic carbocycles. The molecule has 1 amide bonds. The number of benzene rings is 2. The number of anilines is 1. The van der Waals surface area contributed by atoms with Crippen LogP contribution in [0.4, 0.5) is 9.39 Å². The average Bonchev–Trinajstić information content (AvgIpc) is 3.06. The number of halogens is 1. The number of carbonyl (C=O) groups is 2. The van der Waals surface area contributed by atoms with Crippen molar-refractivity contribution in [3.8, 4) is 11.1 Å². The summed E-state index contributed by atoms with van der Waals surface area (Å²) >= 11 is 1.23. The molecule has 0 spiro atoms. The highest BCUT2D eigenvalue weighted by Gasteiger charge is 2.23. The summed E-state index contributed by atoms with van der Waals surface area (Å²) in [5.74, 6) is -1.19. The van der Waals surface area contributed by atoms with Crippen molar-refractivity contribution in [2.24, 2.45) is 0 Å². The fraction of sp³-hybridized carbons (Fsp3) is 0.143. The molecule has 3 rings (SSSR count). The predicted octanol–water partition coefficient (Wildman–Crippen LogP) is 5.29. The molecule has 1 aromatic heterocycles. The summed E-state index contributed by atoms with van der Waals surface area (Å²) in [6.07, 6.45) is 0. The molecule has 0 bridgehead atoms. The first kappa shape index (κ1) is 18.8. The number of ether oxygens (including phenoxy) is 1. The highest BCUT2D eigenvalue weighted by atomic mass is 32.1. The number of aryl methyl sites for hydroxylation is 1. The Bertz CT molecular complexity index is 979. The van der Waals surface area contributed by atoms with Crippen LogP contribution in [-0.2, 0) is 4.74 Å². The first-order chi connectivity index (χ1) is 13.0. The van der Waals surface area contributed by atoms with Gasteiger partial charge < -0.3 is 10.1 Å². The van der Waals surface area contributed by atoms with Crippen molar-refractivity contribution in [1.29, 1.82) is 0 Å². The number of hydrogen-bond donors (Lipinski definition) is 1. The van der Waals surface area contributed by atoms with Gasteiger partial charge in [0.05, 0.1) is 6.61 Å². The lowest BCUT2D eigenvalue weighted by Gasteiger charge is -2.10. The molecule has 0 atom stereocenters. The zero-order chi connectivity index (χ0) is 19.4. The molecule has 3 aromatic rings. The Balaban J connectivity index is 2.00. The van der Waals surface area contributed by atoms with Crippen molar-refractivity contribution in [3.05, 3.63) is 76.4 Å². The average molecular weight is 383 g/mol. The Kier molecular flexibility index (Phi) is 5.66. The lowest BCUT2D eigenvalue weighted by molar-refractivity contribution is 0.0529. The third-order valence-corrected chi connectivity index (χ3v) is 4.94. The number of esters is 1. The summed E-state index contributed by atoms with van der Waals surface area (Å²) in [6, 6.07) is 13.0. The Hall–Kier alpha value is -2.99. The standard InChI is InChI=1S/C21H18FNO3S/c1-3-26-21(25)18-17(14-8-10-15(22)11-9-14)12-27-20(18)23-19(24)16-7-5-4-6-13(16)2/h4-12H,3H2,1-2H3,(H,23,24). The van der Waals surface area contributed by atoms with Crippen LogP contribution < -0.4 is 5.32 Å². The minimum Gasteiger partial charge on any atom is -0.462 e. The van der Waals surface area contributed by atoms with Crippen molar-refractivity contribution in [2.75, 3.05) is 11.9 Å². The highest BCUT2D eigenvalue weighted by molar-refractivity contribution is 7.15. The Morgan fingerprint density at radius 1 is 1.11 bits per heavy atom. The van der Waals surface area contributed by atoms with Crippen molar-refractivity contribution < 1.29 is 18.7 Å². The van der Waals surface area contributed by atoms with Gasteiger partial charge in [-0.05, 0) is 43.2 Å². The summed E-state index contributed by atoms with van der Waals surface area (Å²) in [7, 11) is 0. The van der Waals surface area contributed by atoms with Gasteiger partial charge in [-0.25, -0.2) is 9.18 Å². The first-order valence-corrected chi connectivity index (χ1v) is 9.30. The van der Waals surface area contributed by atoms with Crippen LogP contribution in [0.5, 0.6) is 0 Å². The van der Waals surface area contributed by atoms with Crippen LogP contribution in [0, 0.1) is 12.7 Å². The van der Waals surface area contributed by atoms with Crippen LogP contribution in [0.1, 0.15) is 33.2 Å². The molecule has 0 saturated heterocycles. The molecule has 0 aliphatic heterocycles. The van der Waals surface area contributed by atoms with E-state index in [1.807, 2.05) is 19.1 Å². The second kappa shape index (κ2) is 8.14. The van der Waals surface area contributed by atoms with E-state index in [1.165, 1.54) is 23.5 Å². The van der Waals surface area contributed by atoms with Crippen LogP contribution >= 0.6 is 11.3 Å². The topological polar surface area (TPSA) is 55.4 Å². The van der Waals surface area contributed by atoms with Gasteiger partial charge in [0, 0.05) is 16.5 Å². The highest BCUT2D eigenvalue weighted by Crippen LogP contribution is 2.36. The Morgan fingerprint density at radius 3 is 2.48 bits per heavy atom. The van der Waals surface area contributed by atoms with Gasteiger partial charge in [-0.15, -0.1) is 11.3 Å². The number of rotatable bonds is 5. The lowest BCUT2D eigenvalue weighted by Crippen LogP contribution is -2.15. The van der Waals surface area contributed by atoms with E-state index in [4.69, 9.17) is 4.74 Å². The fourth-order valence-corrected chi connectivity index (χ4v) is 3.65. The third-order valence-electron chi connectivity index (χ3n) is 4.04. The van der Waals surface area contributed by atoms with Crippen molar-refractivity contribution >= 4 is 28.2 Å². The molecular weight excluding hydrogens is 365 g/mol. The molecule has 4 nitrogen and oxygen atoms in total. The summed E-state index contributed by atoms with van der Waals surface area (Å²) in [4.78, 5) is 25.2. The maximum atomic E-state index is 13.2. The Labute approximate surface area is 160 Å². The van der Waals surface area contributed by atoms with E-state index in [-0.39, 0.29) is 23.9 Å². The summed E-state index contributed by atoms with van der Waals surface area (Å²) in [5, 5.41) is 4.97. The van der Waals surface area contributed by atoms with Crippen LogP contribution in [-0.4, -0.2) is 18.5 Å². The molecule has 1 heterocycles. The number of nitrogens with one attached hydrogen (secondary N) is 1. The smallest absolute Gasteiger partial charge is 0.341 e. The Morgan fingerprint density at radius 2 is 1.81 bits per heavy atom. The normalized spacial score (nSPS) is 10.5. The number of amides is 1. The molecule has 27 heavy (non-hydrogen) atoms. The SMILES string of the molecule is CCOC(=O)c1c(-c2ccc(F)cc2)csc1NC(=O)c1ccccc1C. The van der Waals surface area contributed by atoms with E-state index in [0.717, 1.165) is 5.56 Å². The van der Waals surface area contributed by atoms with Crippen LogP contribution in [0.2, 0.25) is 0 Å². The van der Waals surface area contributed by atoms with Gasteiger partial charge in [0.25, 0.3) is 5.91 Å². The first-order valence-electron chi connectivity index (χ1n) is 8.42. The van der Waals surface area contributed by atoms with Crippen LogP contribution in [0.3, 0.4) is 0 Å². The number of hydrogen-bond acceptors (Lipinski definition) is 4. The summed E-state index contributed by atoms with van der Waals surface area (Å²) in [5.41, 5.74) is 2.91. The molecule has 0 unspecified atom stereocenters. The van der Waals surface area contributed by atoms with Gasteiger partial charge in [0.2, 0.25) is 0 Å². The molecule has 0 aliphatic carbocycles. The van der Waals surface area contributed by atoms with Gasteiger partial charge in [-0.2, -0.15) is 0 Å². The minimum atomic E-state index is -0.529. The summed E-state index contributed by atoms with van der Waals surface area (Å²) in [6.45, 7) is 3.77.